The van der Waals surface area contributed by atoms with Gasteiger partial charge in [-0.1, -0.05) is 6.07 Å². The van der Waals surface area contributed by atoms with Gasteiger partial charge >= 0.3 is 29.5 Å². The summed E-state index contributed by atoms with van der Waals surface area (Å²) in [5.74, 6) is -3.11. The van der Waals surface area contributed by atoms with E-state index in [9.17, 15) is 44.8 Å². The molecule has 0 heterocycles. The number of nitrogens with zero attached hydrogens (tertiary/aromatic N) is 1. The minimum Gasteiger partial charge on any atom is -0.489 e. The zero-order valence-electron chi connectivity index (χ0n) is 16.8. The number of ether oxygens (including phenoxy) is 2. The number of methoxy groups -OCH3 is 1. The van der Waals surface area contributed by atoms with E-state index >= 15 is 0 Å². The lowest BCUT2D eigenvalue weighted by Crippen LogP contribution is -2.49. The normalized spacial score (nSPS) is 13.8. The lowest BCUT2D eigenvalue weighted by molar-refractivity contribution is -0.730. The number of halogens is 10. The molecule has 0 radical (unpaired) electrons. The lowest BCUT2D eigenvalue weighted by atomic mass is 9.94. The summed E-state index contributed by atoms with van der Waals surface area (Å²) < 4.78 is 115. The molecule has 2 aromatic rings. The van der Waals surface area contributed by atoms with Gasteiger partial charge in [-0.05, 0) is 45.7 Å². The SMILES string of the molecule is COc1c(C(=O)Nc2c(Br)cc(C(F)(C(F)(F)F)C(F)(F)Cl)cc2OC(F)F)cccc1[N+](=O)O. The lowest BCUT2D eigenvalue weighted by Gasteiger charge is -2.32. The maximum Gasteiger partial charge on any atom is 0.434 e. The fourth-order valence-electron chi connectivity index (χ4n) is 2.83. The number of carbonyl (C=O) groups excluding carboxylic acids is 1. The number of amides is 1. The molecule has 1 atom stereocenters. The van der Waals surface area contributed by atoms with Crippen LogP contribution >= 0.6 is 27.5 Å². The summed E-state index contributed by atoms with van der Waals surface area (Å²) in [5.41, 5.74) is -9.36. The third-order valence-electron chi connectivity index (χ3n) is 4.34. The highest BCUT2D eigenvalue weighted by Crippen LogP contribution is 2.56. The number of anilines is 1. The molecule has 17 heteroatoms. The second-order valence-electron chi connectivity index (χ2n) is 6.45. The Bertz CT molecular complexity index is 1130. The first-order valence-corrected chi connectivity index (χ1v) is 9.88. The molecule has 1 unspecified atom stereocenters. The van der Waals surface area contributed by atoms with Gasteiger partial charge in [0.25, 0.3) is 10.8 Å². The zero-order valence-corrected chi connectivity index (χ0v) is 19.1. The molecule has 192 valence electrons. The number of alkyl halides is 9. The maximum absolute atomic E-state index is 14.7. The molecule has 0 saturated carbocycles. The van der Waals surface area contributed by atoms with Crippen molar-refractivity contribution < 1.29 is 59.5 Å². The Morgan fingerprint density at radius 3 is 2.23 bits per heavy atom. The molecule has 0 aliphatic rings. The zero-order chi connectivity index (χ0) is 26.9. The Kier molecular flexibility index (Phi) is 8.11. The van der Waals surface area contributed by atoms with Gasteiger partial charge < -0.3 is 14.8 Å². The minimum atomic E-state index is -6.31. The predicted molar refractivity (Wildman–Crippen MR) is 106 cm³/mol. The summed E-state index contributed by atoms with van der Waals surface area (Å²) >= 11 is 6.98. The molecule has 0 fully saturated rings. The Hall–Kier alpha value is -2.88. The molecule has 0 bridgehead atoms. The molecule has 0 aliphatic heterocycles. The first-order valence-electron chi connectivity index (χ1n) is 8.71. The monoisotopic (exact) mass is 601 g/mol. The van der Waals surface area contributed by atoms with Gasteiger partial charge in [0.1, 0.15) is 0 Å². The van der Waals surface area contributed by atoms with E-state index in [1.165, 1.54) is 0 Å². The molecular weight excluding hydrogens is 592 g/mol. The van der Waals surface area contributed by atoms with Crippen LogP contribution in [0.15, 0.2) is 34.8 Å². The molecular formula is C18H11BrClF8N2O5+. The summed E-state index contributed by atoms with van der Waals surface area (Å²) in [4.78, 5) is 23.3. The molecule has 0 spiro atoms. The molecule has 7 nitrogen and oxygen atoms in total. The number of nitrogens with one attached hydrogen (secondary N) is 1. The van der Waals surface area contributed by atoms with Crippen molar-refractivity contribution in [1.82, 2.24) is 0 Å². The van der Waals surface area contributed by atoms with Crippen molar-refractivity contribution >= 4 is 44.8 Å². The van der Waals surface area contributed by atoms with Gasteiger partial charge in [-0.2, -0.15) is 30.7 Å². The van der Waals surface area contributed by atoms with Gasteiger partial charge in [-0.25, -0.2) is 9.60 Å². The van der Waals surface area contributed by atoms with Gasteiger partial charge in [0, 0.05) is 16.1 Å². The standard InChI is InChI=1S/C18H10BrClF8N2O5/c1-34-13-8(3-2-4-10(13)30(32)33)14(31)29-12-9(19)5-7(6-11(12)35-15(21)22)16(23,17(20,24)25)18(26,27)28/h2-6,15H,1H3,(H-,29,31,32,33)/p+1. The minimum absolute atomic E-state index is 0.123. The Morgan fingerprint density at radius 1 is 1.17 bits per heavy atom. The van der Waals surface area contributed by atoms with Crippen LogP contribution in [0.1, 0.15) is 15.9 Å². The highest BCUT2D eigenvalue weighted by molar-refractivity contribution is 9.10. The maximum atomic E-state index is 14.7. The molecule has 0 saturated heterocycles. The van der Waals surface area contributed by atoms with Crippen molar-refractivity contribution in [2.24, 2.45) is 0 Å². The predicted octanol–water partition coefficient (Wildman–Crippen LogP) is 6.67. The van der Waals surface area contributed by atoms with E-state index < -0.39 is 73.1 Å². The highest BCUT2D eigenvalue weighted by atomic mass is 79.9. The van der Waals surface area contributed by atoms with Crippen molar-refractivity contribution in [2.45, 2.75) is 23.8 Å². The largest absolute Gasteiger partial charge is 0.489 e. The van der Waals surface area contributed by atoms with Crippen molar-refractivity contribution in [3.8, 4) is 11.5 Å². The Balaban J connectivity index is 2.69. The van der Waals surface area contributed by atoms with Crippen LogP contribution in [0.4, 0.5) is 46.5 Å². The molecule has 2 aromatic carbocycles. The Morgan fingerprint density at radius 2 is 1.77 bits per heavy atom. The summed E-state index contributed by atoms with van der Waals surface area (Å²) in [5, 5.41) is 5.48. The van der Waals surface area contributed by atoms with Crippen molar-refractivity contribution in [2.75, 3.05) is 12.4 Å². The number of para-hydroxylation sites is 1. The van der Waals surface area contributed by atoms with Crippen molar-refractivity contribution in [1.29, 1.82) is 0 Å². The third kappa shape index (κ3) is 5.52. The van der Waals surface area contributed by atoms with Crippen LogP contribution in [0, 0.1) is 4.91 Å². The second-order valence-corrected chi connectivity index (χ2v) is 7.78. The molecule has 0 aliphatic carbocycles. The average molecular weight is 603 g/mol. The average Bonchev–Trinajstić information content (AvgIpc) is 2.72. The first kappa shape index (κ1) is 28.4. The van der Waals surface area contributed by atoms with E-state index in [0.717, 1.165) is 25.3 Å². The van der Waals surface area contributed by atoms with Gasteiger partial charge in [0.05, 0.1) is 23.3 Å². The van der Waals surface area contributed by atoms with Gasteiger partial charge in [-0.15, -0.1) is 0 Å². The van der Waals surface area contributed by atoms with Crippen LogP contribution in [0.3, 0.4) is 0 Å². The number of carbonyl (C=O) groups is 1. The van der Waals surface area contributed by atoms with Crippen LogP contribution < -0.4 is 14.8 Å². The van der Waals surface area contributed by atoms with Crippen LogP contribution in [0.2, 0.25) is 0 Å². The molecule has 2 N–H and O–H groups in total. The van der Waals surface area contributed by atoms with Gasteiger partial charge in [0.2, 0.25) is 5.75 Å². The van der Waals surface area contributed by atoms with Crippen LogP contribution in [-0.2, 0) is 5.67 Å². The smallest absolute Gasteiger partial charge is 0.434 e. The van der Waals surface area contributed by atoms with Crippen LogP contribution in [0.5, 0.6) is 11.5 Å². The van der Waals surface area contributed by atoms with Gasteiger partial charge in [-0.3, -0.25) is 4.79 Å². The van der Waals surface area contributed by atoms with Crippen molar-refractivity contribution in [3.63, 3.8) is 0 Å². The molecule has 35 heavy (non-hydrogen) atoms. The molecule has 1 amide bonds. The molecule has 2 rings (SSSR count). The molecule has 0 aromatic heterocycles. The summed E-state index contributed by atoms with van der Waals surface area (Å²) in [6, 6.07) is 3.16. The number of benzene rings is 2. The number of hydrogen-bond acceptors (Lipinski definition) is 4. The van der Waals surface area contributed by atoms with Crippen LogP contribution in [0.25, 0.3) is 0 Å². The fourth-order valence-corrected chi connectivity index (χ4v) is 3.59. The Labute approximate surface area is 203 Å². The van der Waals surface area contributed by atoms with Gasteiger partial charge in [0.15, 0.2) is 5.75 Å². The number of hydrogen-bond donors (Lipinski definition) is 2. The summed E-state index contributed by atoms with van der Waals surface area (Å²) in [7, 11) is 0.999. The summed E-state index contributed by atoms with van der Waals surface area (Å²) in [6.07, 6.45) is -6.31. The van der Waals surface area contributed by atoms with E-state index in [-0.39, 0.29) is 12.1 Å². The number of rotatable bonds is 8. The van der Waals surface area contributed by atoms with E-state index in [4.69, 9.17) is 9.94 Å². The van der Waals surface area contributed by atoms with E-state index in [0.29, 0.717) is 0 Å². The first-order chi connectivity index (χ1) is 16.0. The van der Waals surface area contributed by atoms with E-state index in [1.807, 2.05) is 5.32 Å². The highest BCUT2D eigenvalue weighted by Gasteiger charge is 2.72. The fraction of sp³-hybridized carbons (Fsp3) is 0.278. The topological polar surface area (TPSA) is 87.9 Å². The third-order valence-corrected chi connectivity index (χ3v) is 5.22. The quantitative estimate of drug-likeness (QED) is 0.200. The summed E-state index contributed by atoms with van der Waals surface area (Å²) in [6.45, 7) is -3.76. The second kappa shape index (κ2) is 10.0. The van der Waals surface area contributed by atoms with Crippen molar-refractivity contribution in [3.05, 3.63) is 50.8 Å². The van der Waals surface area contributed by atoms with E-state index in [1.54, 1.807) is 0 Å². The van der Waals surface area contributed by atoms with E-state index in [2.05, 4.69) is 32.3 Å². The van der Waals surface area contributed by atoms with Crippen LogP contribution in [-0.4, -0.2) is 41.3 Å².